The minimum absolute atomic E-state index is 0.278. The van der Waals surface area contributed by atoms with E-state index in [-0.39, 0.29) is 6.10 Å². The predicted molar refractivity (Wildman–Crippen MR) is 65.7 cm³/mol. The highest BCUT2D eigenvalue weighted by Gasteiger charge is 2.39. The molecule has 2 rings (SSSR count). The molecule has 0 saturated heterocycles. The van der Waals surface area contributed by atoms with E-state index in [4.69, 9.17) is 4.74 Å². The molecule has 0 aliphatic carbocycles. The van der Waals surface area contributed by atoms with Gasteiger partial charge in [0.25, 0.3) is 0 Å². The summed E-state index contributed by atoms with van der Waals surface area (Å²) in [6.45, 7) is 3.46. The van der Waals surface area contributed by atoms with Crippen molar-refractivity contribution in [2.45, 2.75) is 32.4 Å². The van der Waals surface area contributed by atoms with Crippen molar-refractivity contribution in [3.8, 4) is 0 Å². The monoisotopic (exact) mass is 249 g/mol. The molecule has 0 spiro atoms. The molecule has 0 fully saturated rings. The zero-order chi connectivity index (χ0) is 13.3. The molecule has 1 unspecified atom stereocenters. The highest BCUT2D eigenvalue weighted by atomic mass is 16.6. The van der Waals surface area contributed by atoms with Crippen molar-refractivity contribution in [1.29, 1.82) is 0 Å². The number of ether oxygens (including phenoxy) is 1. The van der Waals surface area contributed by atoms with Crippen molar-refractivity contribution in [3.05, 3.63) is 29.8 Å². The Hall–Kier alpha value is -2.04. The summed E-state index contributed by atoms with van der Waals surface area (Å²) in [6, 6.07) is 6.29. The van der Waals surface area contributed by atoms with Crippen LogP contribution < -0.4 is 4.90 Å². The van der Waals surface area contributed by atoms with Crippen molar-refractivity contribution in [2.24, 2.45) is 0 Å². The number of para-hydroxylation sites is 1. The van der Waals surface area contributed by atoms with Crippen molar-refractivity contribution in [1.82, 2.24) is 0 Å². The second-order valence-electron chi connectivity index (χ2n) is 4.49. The third-order valence-electron chi connectivity index (χ3n) is 2.79. The molecule has 96 valence electrons. The molecule has 1 heterocycles. The number of carboxylic acids is 1. The van der Waals surface area contributed by atoms with Crippen LogP contribution in [0.2, 0.25) is 0 Å². The van der Waals surface area contributed by atoms with Crippen LogP contribution in [0.4, 0.5) is 10.5 Å². The van der Waals surface area contributed by atoms with E-state index < -0.39 is 18.1 Å². The van der Waals surface area contributed by atoms with Gasteiger partial charge in [0, 0.05) is 6.42 Å². The maximum Gasteiger partial charge on any atom is 0.415 e. The Morgan fingerprint density at radius 2 is 2.06 bits per heavy atom. The number of carboxylic acid groups (broad SMARTS) is 1. The molecule has 5 heteroatoms. The number of fused-ring (bicyclic) bond motifs is 1. The molecule has 1 aromatic carbocycles. The molecule has 1 amide bonds. The summed E-state index contributed by atoms with van der Waals surface area (Å²) in [5.74, 6) is -1.02. The highest BCUT2D eigenvalue weighted by Crippen LogP contribution is 2.32. The number of aliphatic carboxylic acids is 1. The first kappa shape index (κ1) is 12.4. The van der Waals surface area contributed by atoms with Crippen molar-refractivity contribution >= 4 is 17.7 Å². The van der Waals surface area contributed by atoms with E-state index in [9.17, 15) is 14.7 Å². The second-order valence-corrected chi connectivity index (χ2v) is 4.49. The van der Waals surface area contributed by atoms with E-state index in [2.05, 4.69) is 0 Å². The number of anilines is 1. The maximum atomic E-state index is 12.0. The zero-order valence-corrected chi connectivity index (χ0v) is 10.3. The van der Waals surface area contributed by atoms with E-state index in [1.807, 2.05) is 12.1 Å². The van der Waals surface area contributed by atoms with Gasteiger partial charge in [0.1, 0.15) is 6.04 Å². The van der Waals surface area contributed by atoms with E-state index in [0.717, 1.165) is 5.56 Å². The van der Waals surface area contributed by atoms with Crippen molar-refractivity contribution < 1.29 is 19.4 Å². The fourth-order valence-electron chi connectivity index (χ4n) is 2.07. The lowest BCUT2D eigenvalue weighted by Crippen LogP contribution is -2.43. The van der Waals surface area contributed by atoms with Crippen molar-refractivity contribution in [2.75, 3.05) is 4.90 Å². The minimum Gasteiger partial charge on any atom is -0.480 e. The molecule has 0 bridgehead atoms. The standard InChI is InChI=1S/C13H15NO4/c1-8(2)18-13(17)14-10-6-4-3-5-9(10)7-11(14)12(15)16/h3-6,8,11H,7H2,1-2H3,(H,15,16). The van der Waals surface area contributed by atoms with Crippen LogP contribution in [0, 0.1) is 0 Å². The molecular weight excluding hydrogens is 234 g/mol. The summed E-state index contributed by atoms with van der Waals surface area (Å²) in [6.07, 6.45) is -0.569. The van der Waals surface area contributed by atoms with Gasteiger partial charge >= 0.3 is 12.1 Å². The summed E-state index contributed by atoms with van der Waals surface area (Å²) in [4.78, 5) is 24.4. The van der Waals surface area contributed by atoms with Gasteiger partial charge in [-0.25, -0.2) is 9.59 Å². The maximum absolute atomic E-state index is 12.0. The number of benzene rings is 1. The normalized spacial score (nSPS) is 17.7. The van der Waals surface area contributed by atoms with Crippen LogP contribution >= 0.6 is 0 Å². The lowest BCUT2D eigenvalue weighted by molar-refractivity contribution is -0.138. The Bertz CT molecular complexity index is 484. The molecule has 1 N–H and O–H groups in total. The third-order valence-corrected chi connectivity index (χ3v) is 2.79. The van der Waals surface area contributed by atoms with E-state index in [1.54, 1.807) is 26.0 Å². The van der Waals surface area contributed by atoms with Gasteiger partial charge in [0.05, 0.1) is 11.8 Å². The molecule has 18 heavy (non-hydrogen) atoms. The second kappa shape index (κ2) is 4.68. The van der Waals surface area contributed by atoms with Gasteiger partial charge in [0.2, 0.25) is 0 Å². The van der Waals surface area contributed by atoms with E-state index >= 15 is 0 Å². The zero-order valence-electron chi connectivity index (χ0n) is 10.3. The summed E-state index contributed by atoms with van der Waals surface area (Å²) in [5.41, 5.74) is 1.47. The number of carbonyl (C=O) groups is 2. The lowest BCUT2D eigenvalue weighted by Gasteiger charge is -2.23. The average Bonchev–Trinajstić information content (AvgIpc) is 2.67. The largest absolute Gasteiger partial charge is 0.480 e. The number of hydrogen-bond donors (Lipinski definition) is 1. The predicted octanol–water partition coefficient (Wildman–Crippen LogP) is 2.05. The summed E-state index contributed by atoms with van der Waals surface area (Å²) >= 11 is 0. The summed E-state index contributed by atoms with van der Waals surface area (Å²) in [7, 11) is 0. The van der Waals surface area contributed by atoms with Crippen LogP contribution in [0.5, 0.6) is 0 Å². The topological polar surface area (TPSA) is 66.8 Å². The van der Waals surface area contributed by atoms with E-state index in [0.29, 0.717) is 12.1 Å². The molecule has 0 aromatic heterocycles. The van der Waals surface area contributed by atoms with Crippen LogP contribution in [-0.2, 0) is 16.0 Å². The summed E-state index contributed by atoms with van der Waals surface area (Å²) in [5, 5.41) is 9.19. The molecule has 1 aromatic rings. The molecule has 1 aliphatic heterocycles. The quantitative estimate of drug-likeness (QED) is 0.871. The molecule has 5 nitrogen and oxygen atoms in total. The van der Waals surface area contributed by atoms with Gasteiger partial charge in [-0.2, -0.15) is 0 Å². The van der Waals surface area contributed by atoms with Gasteiger partial charge < -0.3 is 9.84 Å². The minimum atomic E-state index is -1.02. The van der Waals surface area contributed by atoms with Crippen LogP contribution in [0.1, 0.15) is 19.4 Å². The molecule has 0 radical (unpaired) electrons. The van der Waals surface area contributed by atoms with Gasteiger partial charge in [-0.15, -0.1) is 0 Å². The van der Waals surface area contributed by atoms with Crippen molar-refractivity contribution in [3.63, 3.8) is 0 Å². The SMILES string of the molecule is CC(C)OC(=O)N1c2ccccc2CC1C(=O)O. The average molecular weight is 249 g/mol. The van der Waals surface area contributed by atoms with Gasteiger partial charge in [-0.05, 0) is 25.5 Å². The van der Waals surface area contributed by atoms with E-state index in [1.165, 1.54) is 4.90 Å². The fourth-order valence-corrected chi connectivity index (χ4v) is 2.07. The Morgan fingerprint density at radius 1 is 1.39 bits per heavy atom. The number of nitrogens with zero attached hydrogens (tertiary/aromatic N) is 1. The smallest absolute Gasteiger partial charge is 0.415 e. The fraction of sp³-hybridized carbons (Fsp3) is 0.385. The van der Waals surface area contributed by atoms with Crippen LogP contribution in [0.15, 0.2) is 24.3 Å². The Balaban J connectivity index is 2.34. The van der Waals surface area contributed by atoms with Crippen LogP contribution in [0.3, 0.4) is 0 Å². The number of hydrogen-bond acceptors (Lipinski definition) is 3. The first-order valence-corrected chi connectivity index (χ1v) is 5.81. The first-order chi connectivity index (χ1) is 8.50. The van der Waals surface area contributed by atoms with Gasteiger partial charge in [-0.3, -0.25) is 4.90 Å². The van der Waals surface area contributed by atoms with Gasteiger partial charge in [0.15, 0.2) is 0 Å². The molecule has 1 aliphatic rings. The first-order valence-electron chi connectivity index (χ1n) is 5.81. The lowest BCUT2D eigenvalue weighted by atomic mass is 10.1. The van der Waals surface area contributed by atoms with Gasteiger partial charge in [-0.1, -0.05) is 18.2 Å². The number of carbonyl (C=O) groups excluding carboxylic acids is 1. The Morgan fingerprint density at radius 3 is 2.67 bits per heavy atom. The highest BCUT2D eigenvalue weighted by molar-refractivity contribution is 5.98. The number of amides is 1. The Kier molecular flexibility index (Phi) is 3.23. The number of rotatable bonds is 2. The molecular formula is C13H15NO4. The molecule has 1 atom stereocenters. The Labute approximate surface area is 105 Å². The van der Waals surface area contributed by atoms with Crippen LogP contribution in [-0.4, -0.2) is 29.3 Å². The third kappa shape index (κ3) is 2.16. The van der Waals surface area contributed by atoms with Crippen LogP contribution in [0.25, 0.3) is 0 Å². The summed E-state index contributed by atoms with van der Waals surface area (Å²) < 4.78 is 5.10. The molecule has 0 saturated carbocycles.